The molecule has 0 aliphatic carbocycles. The van der Waals surface area contributed by atoms with Gasteiger partial charge < -0.3 is 14.3 Å². The second-order valence-electron chi connectivity index (χ2n) is 6.11. The molecule has 22 heavy (non-hydrogen) atoms. The minimum atomic E-state index is -0.0478. The molecule has 0 radical (unpaired) electrons. The lowest BCUT2D eigenvalue weighted by Crippen LogP contribution is -2.37. The number of aryl methyl sites for hydroxylation is 4. The van der Waals surface area contributed by atoms with Crippen LogP contribution in [0.15, 0.2) is 10.5 Å². The fourth-order valence-corrected chi connectivity index (χ4v) is 3.17. The minimum Gasteiger partial charge on any atom is -0.466 e. The van der Waals surface area contributed by atoms with Gasteiger partial charge in [0.1, 0.15) is 23.2 Å². The Kier molecular flexibility index (Phi) is 3.76. The lowest BCUT2D eigenvalue weighted by Gasteiger charge is -2.24. The normalized spacial score (nSPS) is 18.8. The van der Waals surface area contributed by atoms with Crippen molar-refractivity contribution < 1.29 is 9.21 Å². The third-order valence-electron chi connectivity index (χ3n) is 4.41. The van der Waals surface area contributed by atoms with Gasteiger partial charge in [0.2, 0.25) is 5.91 Å². The standard InChI is InChI=1S/C16H22N4O2/c1-9-7-14(11(3)22-9)10(2)17-16(21)13-5-6-15-19-18-12(4)20(15)8-13/h7,10,13H,5-6,8H2,1-4H3,(H,17,21)/t10-,13+/m0/s1. The first-order valence-corrected chi connectivity index (χ1v) is 7.71. The molecule has 1 N–H and O–H groups in total. The summed E-state index contributed by atoms with van der Waals surface area (Å²) in [6.07, 6.45) is 1.62. The predicted molar refractivity (Wildman–Crippen MR) is 81.3 cm³/mol. The summed E-state index contributed by atoms with van der Waals surface area (Å²) in [4.78, 5) is 12.5. The van der Waals surface area contributed by atoms with E-state index in [0.29, 0.717) is 6.54 Å². The molecule has 0 aromatic carbocycles. The summed E-state index contributed by atoms with van der Waals surface area (Å²) in [5.41, 5.74) is 1.04. The summed E-state index contributed by atoms with van der Waals surface area (Å²) in [6, 6.07) is 1.94. The van der Waals surface area contributed by atoms with E-state index in [0.717, 1.165) is 41.6 Å². The zero-order chi connectivity index (χ0) is 15.9. The number of hydrogen-bond donors (Lipinski definition) is 1. The summed E-state index contributed by atoms with van der Waals surface area (Å²) in [6.45, 7) is 8.43. The number of aromatic nitrogens is 3. The SMILES string of the molecule is Cc1cc([C@H](C)NC(=O)[C@@H]2CCc3nnc(C)n3C2)c(C)o1. The van der Waals surface area contributed by atoms with Crippen LogP contribution in [0.5, 0.6) is 0 Å². The number of hydrogen-bond acceptors (Lipinski definition) is 4. The molecule has 0 fully saturated rings. The minimum absolute atomic E-state index is 0.0297. The van der Waals surface area contributed by atoms with Crippen molar-refractivity contribution in [1.29, 1.82) is 0 Å². The van der Waals surface area contributed by atoms with Gasteiger partial charge in [-0.2, -0.15) is 0 Å². The lowest BCUT2D eigenvalue weighted by atomic mass is 9.97. The topological polar surface area (TPSA) is 73.0 Å². The molecule has 0 unspecified atom stereocenters. The van der Waals surface area contributed by atoms with Crippen LogP contribution in [0.1, 0.15) is 48.1 Å². The Bertz CT molecular complexity index is 701. The van der Waals surface area contributed by atoms with Crippen LogP contribution >= 0.6 is 0 Å². The highest BCUT2D eigenvalue weighted by Crippen LogP contribution is 2.24. The first-order chi connectivity index (χ1) is 10.5. The Morgan fingerprint density at radius 2 is 2.18 bits per heavy atom. The van der Waals surface area contributed by atoms with Crippen LogP contribution in [0.25, 0.3) is 0 Å². The first-order valence-electron chi connectivity index (χ1n) is 7.71. The monoisotopic (exact) mass is 302 g/mol. The predicted octanol–water partition coefficient (Wildman–Crippen LogP) is 2.24. The van der Waals surface area contributed by atoms with Crippen molar-refractivity contribution in [2.45, 2.75) is 53.1 Å². The van der Waals surface area contributed by atoms with E-state index in [2.05, 4.69) is 15.5 Å². The highest BCUT2D eigenvalue weighted by molar-refractivity contribution is 5.79. The molecule has 0 spiro atoms. The van der Waals surface area contributed by atoms with Crippen LogP contribution in [0.2, 0.25) is 0 Å². The maximum absolute atomic E-state index is 12.5. The van der Waals surface area contributed by atoms with Gasteiger partial charge in [-0.05, 0) is 40.2 Å². The van der Waals surface area contributed by atoms with Crippen LogP contribution in [0, 0.1) is 26.7 Å². The molecule has 0 saturated heterocycles. The second-order valence-corrected chi connectivity index (χ2v) is 6.11. The number of amides is 1. The summed E-state index contributed by atoms with van der Waals surface area (Å²) >= 11 is 0. The zero-order valence-electron chi connectivity index (χ0n) is 13.5. The Labute approximate surface area is 129 Å². The quantitative estimate of drug-likeness (QED) is 0.943. The Balaban J connectivity index is 1.68. The van der Waals surface area contributed by atoms with Gasteiger partial charge >= 0.3 is 0 Å². The van der Waals surface area contributed by atoms with Crippen LogP contribution in [-0.2, 0) is 17.8 Å². The van der Waals surface area contributed by atoms with Crippen molar-refractivity contribution >= 4 is 5.91 Å². The van der Waals surface area contributed by atoms with E-state index in [-0.39, 0.29) is 17.9 Å². The molecule has 1 aliphatic rings. The molecule has 0 saturated carbocycles. The van der Waals surface area contributed by atoms with Crippen molar-refractivity contribution in [3.63, 3.8) is 0 Å². The van der Waals surface area contributed by atoms with Crippen LogP contribution in [-0.4, -0.2) is 20.7 Å². The van der Waals surface area contributed by atoms with Crippen LogP contribution in [0.3, 0.4) is 0 Å². The van der Waals surface area contributed by atoms with E-state index < -0.39 is 0 Å². The summed E-state index contributed by atoms with van der Waals surface area (Å²) < 4.78 is 7.59. The van der Waals surface area contributed by atoms with E-state index in [1.807, 2.05) is 38.3 Å². The van der Waals surface area contributed by atoms with E-state index >= 15 is 0 Å². The van der Waals surface area contributed by atoms with Crippen LogP contribution in [0.4, 0.5) is 0 Å². The molecule has 2 atom stereocenters. The van der Waals surface area contributed by atoms with E-state index in [4.69, 9.17) is 4.42 Å². The number of rotatable bonds is 3. The number of carbonyl (C=O) groups is 1. The highest BCUT2D eigenvalue weighted by Gasteiger charge is 2.28. The Hall–Kier alpha value is -2.11. The molecule has 0 bridgehead atoms. The molecule has 1 amide bonds. The van der Waals surface area contributed by atoms with Gasteiger partial charge in [0.05, 0.1) is 12.0 Å². The fourth-order valence-electron chi connectivity index (χ4n) is 3.17. The van der Waals surface area contributed by atoms with Crippen molar-refractivity contribution in [3.8, 4) is 0 Å². The van der Waals surface area contributed by atoms with Gasteiger partial charge in [0.25, 0.3) is 0 Å². The van der Waals surface area contributed by atoms with Crippen LogP contribution < -0.4 is 5.32 Å². The molecule has 3 rings (SSSR count). The number of nitrogens with one attached hydrogen (secondary N) is 1. The maximum atomic E-state index is 12.5. The Morgan fingerprint density at radius 3 is 2.86 bits per heavy atom. The number of fused-ring (bicyclic) bond motifs is 1. The van der Waals surface area contributed by atoms with Gasteiger partial charge in [-0.3, -0.25) is 4.79 Å². The van der Waals surface area contributed by atoms with E-state index in [9.17, 15) is 4.79 Å². The largest absolute Gasteiger partial charge is 0.466 e. The number of nitrogens with zero attached hydrogens (tertiary/aromatic N) is 3. The molecule has 2 aromatic rings. The van der Waals surface area contributed by atoms with Crippen molar-refractivity contribution in [1.82, 2.24) is 20.1 Å². The molecule has 3 heterocycles. The molecule has 6 nitrogen and oxygen atoms in total. The fraction of sp³-hybridized carbons (Fsp3) is 0.562. The second kappa shape index (κ2) is 5.59. The molecule has 2 aromatic heterocycles. The number of furan rings is 1. The molecule has 6 heteroatoms. The average Bonchev–Trinajstić information content (AvgIpc) is 3.01. The third kappa shape index (κ3) is 2.65. The maximum Gasteiger partial charge on any atom is 0.225 e. The molecule has 1 aliphatic heterocycles. The first kappa shape index (κ1) is 14.8. The van der Waals surface area contributed by atoms with E-state index in [1.165, 1.54) is 0 Å². The highest BCUT2D eigenvalue weighted by atomic mass is 16.3. The number of carbonyl (C=O) groups excluding carboxylic acids is 1. The van der Waals surface area contributed by atoms with Gasteiger partial charge in [0, 0.05) is 18.5 Å². The Morgan fingerprint density at radius 1 is 1.41 bits per heavy atom. The van der Waals surface area contributed by atoms with Gasteiger partial charge in [-0.25, -0.2) is 0 Å². The van der Waals surface area contributed by atoms with Gasteiger partial charge in [0.15, 0.2) is 0 Å². The summed E-state index contributed by atoms with van der Waals surface area (Å²) in [5, 5.41) is 11.3. The summed E-state index contributed by atoms with van der Waals surface area (Å²) in [5.74, 6) is 3.65. The molecular formula is C16H22N4O2. The van der Waals surface area contributed by atoms with Gasteiger partial charge in [-0.1, -0.05) is 0 Å². The smallest absolute Gasteiger partial charge is 0.225 e. The van der Waals surface area contributed by atoms with Crippen molar-refractivity contribution in [2.75, 3.05) is 0 Å². The van der Waals surface area contributed by atoms with Crippen molar-refractivity contribution in [2.24, 2.45) is 5.92 Å². The summed E-state index contributed by atoms with van der Waals surface area (Å²) in [7, 11) is 0. The molecular weight excluding hydrogens is 280 g/mol. The zero-order valence-corrected chi connectivity index (χ0v) is 13.5. The van der Waals surface area contributed by atoms with Crippen molar-refractivity contribution in [3.05, 3.63) is 34.8 Å². The lowest BCUT2D eigenvalue weighted by molar-refractivity contribution is -0.126. The molecule has 118 valence electrons. The van der Waals surface area contributed by atoms with Gasteiger partial charge in [-0.15, -0.1) is 10.2 Å². The third-order valence-corrected chi connectivity index (χ3v) is 4.41. The van der Waals surface area contributed by atoms with E-state index in [1.54, 1.807) is 0 Å². The average molecular weight is 302 g/mol.